The van der Waals surface area contributed by atoms with Crippen molar-refractivity contribution >= 4 is 17.5 Å². The maximum absolute atomic E-state index is 12.5. The molecule has 0 bridgehead atoms. The number of carbonyl (C=O) groups excluding carboxylic acids is 2. The highest BCUT2D eigenvalue weighted by Gasteiger charge is 2.26. The standard InChI is InChI=1S/C20H25N3O3/c1-2-21(17-7-4-3-5-8-17)11-10-19(24)22-12-14-23(15-13-22)20(25)18-9-6-16-26-18/h3-9,16H,2,10-15H2,1H3. The van der Waals surface area contributed by atoms with Gasteiger partial charge in [-0.1, -0.05) is 18.2 Å². The summed E-state index contributed by atoms with van der Waals surface area (Å²) in [6.45, 7) is 5.89. The maximum atomic E-state index is 12.5. The van der Waals surface area contributed by atoms with E-state index in [2.05, 4.69) is 24.0 Å². The second kappa shape index (κ2) is 8.56. The Kier molecular flexibility index (Phi) is 5.94. The van der Waals surface area contributed by atoms with E-state index in [1.807, 2.05) is 23.1 Å². The Bertz CT molecular complexity index is 707. The van der Waals surface area contributed by atoms with Crippen LogP contribution in [0.5, 0.6) is 0 Å². The number of piperazine rings is 1. The number of hydrogen-bond donors (Lipinski definition) is 0. The van der Waals surface area contributed by atoms with Gasteiger partial charge in [-0.2, -0.15) is 0 Å². The van der Waals surface area contributed by atoms with Crippen molar-refractivity contribution in [2.45, 2.75) is 13.3 Å². The molecular weight excluding hydrogens is 330 g/mol. The Morgan fingerprint density at radius 2 is 1.69 bits per heavy atom. The van der Waals surface area contributed by atoms with Crippen molar-refractivity contribution < 1.29 is 14.0 Å². The maximum Gasteiger partial charge on any atom is 0.289 e. The van der Waals surface area contributed by atoms with Crippen LogP contribution in [0.25, 0.3) is 0 Å². The molecule has 2 heterocycles. The van der Waals surface area contributed by atoms with Crippen molar-refractivity contribution in [2.75, 3.05) is 44.2 Å². The lowest BCUT2D eigenvalue weighted by molar-refractivity contribution is -0.132. The summed E-state index contributed by atoms with van der Waals surface area (Å²) in [5.74, 6) is 0.388. The summed E-state index contributed by atoms with van der Waals surface area (Å²) >= 11 is 0. The van der Waals surface area contributed by atoms with E-state index in [-0.39, 0.29) is 11.8 Å². The minimum absolute atomic E-state index is 0.108. The van der Waals surface area contributed by atoms with Gasteiger partial charge >= 0.3 is 0 Å². The molecule has 3 rings (SSSR count). The first-order valence-corrected chi connectivity index (χ1v) is 9.09. The highest BCUT2D eigenvalue weighted by atomic mass is 16.3. The molecular formula is C20H25N3O3. The summed E-state index contributed by atoms with van der Waals surface area (Å²) in [6, 6.07) is 13.5. The fraction of sp³-hybridized carbons (Fsp3) is 0.400. The number of benzene rings is 1. The third-order valence-corrected chi connectivity index (χ3v) is 4.75. The van der Waals surface area contributed by atoms with Crippen LogP contribution in [0.2, 0.25) is 0 Å². The summed E-state index contributed by atoms with van der Waals surface area (Å²) < 4.78 is 5.16. The number of furan rings is 1. The van der Waals surface area contributed by atoms with Gasteiger partial charge in [0.1, 0.15) is 0 Å². The molecule has 0 N–H and O–H groups in total. The Morgan fingerprint density at radius 1 is 1.00 bits per heavy atom. The molecule has 0 radical (unpaired) electrons. The third kappa shape index (κ3) is 4.25. The second-order valence-electron chi connectivity index (χ2n) is 6.32. The molecule has 138 valence electrons. The molecule has 0 aliphatic carbocycles. The topological polar surface area (TPSA) is 57.0 Å². The molecule has 0 spiro atoms. The van der Waals surface area contributed by atoms with Gasteiger partial charge in [0, 0.05) is 51.4 Å². The Hall–Kier alpha value is -2.76. The fourth-order valence-electron chi connectivity index (χ4n) is 3.21. The zero-order valence-corrected chi connectivity index (χ0v) is 15.1. The van der Waals surface area contributed by atoms with Crippen LogP contribution in [-0.2, 0) is 4.79 Å². The van der Waals surface area contributed by atoms with E-state index in [4.69, 9.17) is 4.42 Å². The predicted octanol–water partition coefficient (Wildman–Crippen LogP) is 2.48. The van der Waals surface area contributed by atoms with Gasteiger partial charge in [0.2, 0.25) is 5.91 Å². The van der Waals surface area contributed by atoms with E-state index >= 15 is 0 Å². The van der Waals surface area contributed by atoms with Gasteiger partial charge in [-0.15, -0.1) is 0 Å². The number of nitrogens with zero attached hydrogens (tertiary/aromatic N) is 3. The summed E-state index contributed by atoms with van der Waals surface area (Å²) in [7, 11) is 0. The summed E-state index contributed by atoms with van der Waals surface area (Å²) in [6.07, 6.45) is 1.98. The monoisotopic (exact) mass is 355 g/mol. The van der Waals surface area contributed by atoms with Crippen LogP contribution in [0.1, 0.15) is 23.9 Å². The summed E-state index contributed by atoms with van der Waals surface area (Å²) in [4.78, 5) is 30.6. The van der Waals surface area contributed by atoms with Crippen molar-refractivity contribution in [1.82, 2.24) is 9.80 Å². The van der Waals surface area contributed by atoms with Gasteiger partial charge in [-0.25, -0.2) is 0 Å². The highest BCUT2D eigenvalue weighted by Crippen LogP contribution is 2.14. The summed E-state index contributed by atoms with van der Waals surface area (Å²) in [5, 5.41) is 0. The normalized spacial score (nSPS) is 14.3. The van der Waals surface area contributed by atoms with Crippen molar-refractivity contribution in [3.63, 3.8) is 0 Å². The van der Waals surface area contributed by atoms with Gasteiger partial charge in [0.05, 0.1) is 6.26 Å². The molecule has 1 aromatic heterocycles. The minimum Gasteiger partial charge on any atom is -0.459 e. The first kappa shape index (κ1) is 18.0. The second-order valence-corrected chi connectivity index (χ2v) is 6.32. The van der Waals surface area contributed by atoms with Crippen molar-refractivity contribution in [2.24, 2.45) is 0 Å². The lowest BCUT2D eigenvalue weighted by Gasteiger charge is -2.35. The Balaban J connectivity index is 1.47. The van der Waals surface area contributed by atoms with E-state index in [1.165, 1.54) is 6.26 Å². The zero-order valence-electron chi connectivity index (χ0n) is 15.1. The molecule has 0 atom stereocenters. The average Bonchev–Trinajstić information content (AvgIpc) is 3.23. The predicted molar refractivity (Wildman–Crippen MR) is 100 cm³/mol. The number of para-hydroxylation sites is 1. The summed E-state index contributed by atoms with van der Waals surface area (Å²) in [5.41, 5.74) is 1.14. The van der Waals surface area contributed by atoms with Crippen LogP contribution < -0.4 is 4.90 Å². The molecule has 1 saturated heterocycles. The number of rotatable bonds is 6. The van der Waals surface area contributed by atoms with Crippen LogP contribution in [0.4, 0.5) is 5.69 Å². The molecule has 0 saturated carbocycles. The molecule has 2 aromatic rings. The van der Waals surface area contributed by atoms with Gasteiger partial charge < -0.3 is 19.1 Å². The van der Waals surface area contributed by atoms with Gasteiger partial charge in [0.25, 0.3) is 5.91 Å². The molecule has 0 unspecified atom stereocenters. The smallest absolute Gasteiger partial charge is 0.289 e. The Labute approximate surface area is 154 Å². The van der Waals surface area contributed by atoms with Gasteiger partial charge in [-0.05, 0) is 31.2 Å². The van der Waals surface area contributed by atoms with Crippen LogP contribution in [0.15, 0.2) is 53.1 Å². The molecule has 6 nitrogen and oxygen atoms in total. The Morgan fingerprint density at radius 3 is 2.31 bits per heavy atom. The first-order valence-electron chi connectivity index (χ1n) is 9.09. The zero-order chi connectivity index (χ0) is 18.4. The fourth-order valence-corrected chi connectivity index (χ4v) is 3.21. The lowest BCUT2D eigenvalue weighted by Crippen LogP contribution is -2.51. The van der Waals surface area contributed by atoms with E-state index in [9.17, 15) is 9.59 Å². The van der Waals surface area contributed by atoms with Crippen LogP contribution in [0.3, 0.4) is 0 Å². The third-order valence-electron chi connectivity index (χ3n) is 4.75. The number of carbonyl (C=O) groups is 2. The van der Waals surface area contributed by atoms with Crippen LogP contribution in [-0.4, -0.2) is 60.9 Å². The molecule has 1 aliphatic heterocycles. The molecule has 26 heavy (non-hydrogen) atoms. The van der Waals surface area contributed by atoms with Crippen molar-refractivity contribution in [1.29, 1.82) is 0 Å². The van der Waals surface area contributed by atoms with Crippen LogP contribution in [0, 0.1) is 0 Å². The van der Waals surface area contributed by atoms with E-state index < -0.39 is 0 Å². The first-order chi connectivity index (χ1) is 12.7. The van der Waals surface area contributed by atoms with Gasteiger partial charge in [0.15, 0.2) is 5.76 Å². The number of anilines is 1. The molecule has 1 fully saturated rings. The molecule has 2 amide bonds. The molecule has 1 aliphatic rings. The van der Waals surface area contributed by atoms with E-state index in [1.54, 1.807) is 17.0 Å². The van der Waals surface area contributed by atoms with E-state index in [0.717, 1.165) is 12.2 Å². The molecule has 6 heteroatoms. The quantitative estimate of drug-likeness (QED) is 0.799. The lowest BCUT2D eigenvalue weighted by atomic mass is 10.2. The van der Waals surface area contributed by atoms with Crippen molar-refractivity contribution in [3.8, 4) is 0 Å². The molecule has 1 aromatic carbocycles. The van der Waals surface area contributed by atoms with Crippen LogP contribution >= 0.6 is 0 Å². The SMILES string of the molecule is CCN(CCC(=O)N1CCN(C(=O)c2ccco2)CC1)c1ccccc1. The van der Waals surface area contributed by atoms with Crippen molar-refractivity contribution in [3.05, 3.63) is 54.5 Å². The average molecular weight is 355 g/mol. The number of amides is 2. The minimum atomic E-state index is -0.108. The highest BCUT2D eigenvalue weighted by molar-refractivity contribution is 5.91. The largest absolute Gasteiger partial charge is 0.459 e. The van der Waals surface area contributed by atoms with Gasteiger partial charge in [-0.3, -0.25) is 9.59 Å². The number of hydrogen-bond acceptors (Lipinski definition) is 4. The van der Waals surface area contributed by atoms with E-state index in [0.29, 0.717) is 44.9 Å².